The van der Waals surface area contributed by atoms with E-state index >= 15 is 0 Å². The molecular weight excluding hydrogens is 400 g/mol. The summed E-state index contributed by atoms with van der Waals surface area (Å²) in [4.78, 5) is 0. The molecule has 4 nitrogen and oxygen atoms in total. The first kappa shape index (κ1) is 19.3. The predicted octanol–water partition coefficient (Wildman–Crippen LogP) is 3.64. The van der Waals surface area contributed by atoms with E-state index in [4.69, 9.17) is 71.2 Å². The fourth-order valence-electron chi connectivity index (χ4n) is 0.502. The molecule has 110 valence electrons. The zero-order valence-electron chi connectivity index (χ0n) is 8.18. The molecule has 0 atom stereocenters. The number of aromatic nitrogens is 1. The third-order valence-corrected chi connectivity index (χ3v) is 3.91. The number of halogens is 8. The summed E-state index contributed by atoms with van der Waals surface area (Å²) in [5.74, 6) is 0. The summed E-state index contributed by atoms with van der Waals surface area (Å²) in [6.07, 6.45) is 1.36. The summed E-state index contributed by atoms with van der Waals surface area (Å²) >= 11 is 28.0. The number of pyridine rings is 1. The molecule has 1 rings (SSSR count). The molecular formula is C6HCl5F3NO3S. The topological polar surface area (TPSA) is 61.1 Å². The molecule has 0 unspecified atom stereocenters. The Morgan fingerprint density at radius 3 is 1.79 bits per heavy atom. The van der Waals surface area contributed by atoms with Gasteiger partial charge in [0.2, 0.25) is 6.20 Å². The Morgan fingerprint density at radius 1 is 1.11 bits per heavy atom. The van der Waals surface area contributed by atoms with Gasteiger partial charge in [0, 0.05) is 0 Å². The number of hydrogen-bond acceptors (Lipinski definition) is 3. The van der Waals surface area contributed by atoms with Crippen LogP contribution in [0.2, 0.25) is 20.2 Å². The summed E-state index contributed by atoms with van der Waals surface area (Å²) in [7, 11) is -6.09. The lowest BCUT2D eigenvalue weighted by atomic mass is 10.5. The molecule has 0 spiro atoms. The van der Waals surface area contributed by atoms with Gasteiger partial charge in [0.25, 0.3) is 11.8 Å². The average Bonchev–Trinajstić information content (AvgIpc) is 2.22. The maximum atomic E-state index is 10.7. The molecule has 0 bridgehead atoms. The maximum absolute atomic E-state index is 10.7. The quantitative estimate of drug-likeness (QED) is 0.379. The van der Waals surface area contributed by atoms with Gasteiger partial charge in [-0.05, 0) is 11.6 Å². The first-order valence-corrected chi connectivity index (χ1v) is 6.97. The van der Waals surface area contributed by atoms with E-state index in [0.29, 0.717) is 0 Å². The number of nitrogens with zero attached hydrogens (tertiary/aromatic N) is 1. The summed E-state index contributed by atoms with van der Waals surface area (Å²) < 4.78 is 60.0. The van der Waals surface area contributed by atoms with Crippen LogP contribution in [-0.4, -0.2) is 18.5 Å². The molecule has 13 heteroatoms. The van der Waals surface area contributed by atoms with E-state index in [0.717, 1.165) is 4.09 Å². The van der Waals surface area contributed by atoms with Gasteiger partial charge in [0.1, 0.15) is 10.0 Å². The normalized spacial score (nSPS) is 11.8. The molecule has 0 aliphatic heterocycles. The van der Waals surface area contributed by atoms with Gasteiger partial charge in [-0.25, -0.2) is 8.42 Å². The highest BCUT2D eigenvalue weighted by Crippen LogP contribution is 2.32. The van der Waals surface area contributed by atoms with Gasteiger partial charge in [0.05, 0.1) is 5.02 Å². The zero-order chi connectivity index (χ0) is 15.6. The lowest BCUT2D eigenvalue weighted by molar-refractivity contribution is -0.516. The van der Waals surface area contributed by atoms with Crippen molar-refractivity contribution in [2.45, 2.75) is 5.51 Å². The van der Waals surface area contributed by atoms with Crippen molar-refractivity contribution in [1.29, 1.82) is 0 Å². The first-order valence-electron chi connectivity index (χ1n) is 3.72. The fourth-order valence-corrected chi connectivity index (χ4v) is 1.54. The lowest BCUT2D eigenvalue weighted by Gasteiger charge is -2.08. The third-order valence-electron chi connectivity index (χ3n) is 1.28. The Balaban J connectivity index is 0.000000362. The lowest BCUT2D eigenvalue weighted by Crippen LogP contribution is -2.21. The second-order valence-electron chi connectivity index (χ2n) is 2.61. The molecule has 0 radical (unpaired) electrons. The highest BCUT2D eigenvalue weighted by Gasteiger charge is 2.36. The Kier molecular flexibility index (Phi) is 6.95. The smallest absolute Gasteiger partial charge is 0.485 e. The van der Waals surface area contributed by atoms with E-state index in [2.05, 4.69) is 0 Å². The molecule has 0 saturated heterocycles. The van der Waals surface area contributed by atoms with Crippen LogP contribution in [0.1, 0.15) is 0 Å². The van der Waals surface area contributed by atoms with E-state index in [-0.39, 0.29) is 20.2 Å². The Bertz CT molecular complexity index is 550. The predicted molar refractivity (Wildman–Crippen MR) is 63.7 cm³/mol. The van der Waals surface area contributed by atoms with Crippen LogP contribution in [0.3, 0.4) is 0 Å². The molecule has 1 heterocycles. The Morgan fingerprint density at radius 2 is 1.47 bits per heavy atom. The van der Waals surface area contributed by atoms with Crippen molar-refractivity contribution in [2.24, 2.45) is 0 Å². The summed E-state index contributed by atoms with van der Waals surface area (Å²) in [6.45, 7) is 0. The van der Waals surface area contributed by atoms with Gasteiger partial charge in [-0.15, -0.1) is 0 Å². The van der Waals surface area contributed by atoms with E-state index in [1.807, 2.05) is 0 Å². The standard InChI is InChI=1S/C5HCl5N.CHF3O3S/c6-2-1-11(10)5(9)4(8)3(2)7;2-1(3,4)8(5,6)7/h1H;(H,5,6,7)/q+1;/p-1. The Hall–Kier alpha value is 0.300. The van der Waals surface area contributed by atoms with Gasteiger partial charge in [0.15, 0.2) is 10.1 Å². The summed E-state index contributed by atoms with van der Waals surface area (Å²) in [6, 6.07) is 0. The molecule has 0 aliphatic rings. The van der Waals surface area contributed by atoms with Crippen LogP contribution in [0.25, 0.3) is 0 Å². The van der Waals surface area contributed by atoms with Crippen molar-refractivity contribution < 1.29 is 30.2 Å². The van der Waals surface area contributed by atoms with Crippen molar-refractivity contribution in [3.8, 4) is 0 Å². The van der Waals surface area contributed by atoms with Crippen molar-refractivity contribution in [3.63, 3.8) is 0 Å². The van der Waals surface area contributed by atoms with E-state index in [1.54, 1.807) is 0 Å². The van der Waals surface area contributed by atoms with Crippen LogP contribution < -0.4 is 4.09 Å². The fraction of sp³-hybridized carbons (Fsp3) is 0.167. The Labute approximate surface area is 130 Å². The van der Waals surface area contributed by atoms with Crippen LogP contribution in [0, 0.1) is 0 Å². The monoisotopic (exact) mass is 399 g/mol. The average molecular weight is 401 g/mol. The van der Waals surface area contributed by atoms with Crippen molar-refractivity contribution >= 4 is 68.3 Å². The van der Waals surface area contributed by atoms with Gasteiger partial charge in [-0.3, -0.25) is 0 Å². The molecule has 0 amide bonds. The van der Waals surface area contributed by atoms with Gasteiger partial charge in [-0.1, -0.05) is 38.9 Å². The molecule has 0 N–H and O–H groups in total. The van der Waals surface area contributed by atoms with E-state index in [1.165, 1.54) is 6.20 Å². The third kappa shape index (κ3) is 5.66. The molecule has 1 aromatic rings. The zero-order valence-corrected chi connectivity index (χ0v) is 12.8. The molecule has 1 aromatic heterocycles. The number of alkyl halides is 3. The van der Waals surface area contributed by atoms with Crippen LogP contribution >= 0.6 is 58.2 Å². The molecule has 0 fully saturated rings. The van der Waals surface area contributed by atoms with Crippen LogP contribution in [0.5, 0.6) is 0 Å². The minimum absolute atomic E-state index is 0.141. The van der Waals surface area contributed by atoms with Crippen LogP contribution in [-0.2, 0) is 10.1 Å². The van der Waals surface area contributed by atoms with Crippen LogP contribution in [0.15, 0.2) is 6.20 Å². The molecule has 0 aliphatic carbocycles. The molecule has 19 heavy (non-hydrogen) atoms. The second-order valence-corrected chi connectivity index (χ2v) is 5.86. The van der Waals surface area contributed by atoms with E-state index in [9.17, 15) is 13.2 Å². The molecule has 0 saturated carbocycles. The SMILES string of the molecule is Clc1c[n+](Cl)c(Cl)c(Cl)c1Cl.O=S(=O)([O-])C(F)(F)F. The van der Waals surface area contributed by atoms with Crippen LogP contribution in [0.4, 0.5) is 13.2 Å². The van der Waals surface area contributed by atoms with Gasteiger partial charge in [-0.2, -0.15) is 13.2 Å². The second kappa shape index (κ2) is 6.84. The van der Waals surface area contributed by atoms with Crippen molar-refractivity contribution in [1.82, 2.24) is 0 Å². The maximum Gasteiger partial charge on any atom is 0.485 e. The highest BCUT2D eigenvalue weighted by molar-refractivity contribution is 7.86. The van der Waals surface area contributed by atoms with Crippen molar-refractivity contribution in [2.75, 3.05) is 0 Å². The van der Waals surface area contributed by atoms with E-state index < -0.39 is 15.6 Å². The highest BCUT2D eigenvalue weighted by atomic mass is 35.5. The number of rotatable bonds is 0. The van der Waals surface area contributed by atoms with Gasteiger partial charge >= 0.3 is 10.7 Å². The largest absolute Gasteiger partial charge is 0.741 e. The minimum Gasteiger partial charge on any atom is -0.741 e. The number of hydrogen-bond donors (Lipinski definition) is 0. The van der Waals surface area contributed by atoms with Gasteiger partial charge < -0.3 is 4.55 Å². The minimum atomic E-state index is -6.09. The molecule has 0 aromatic carbocycles. The van der Waals surface area contributed by atoms with Crippen molar-refractivity contribution in [3.05, 3.63) is 26.4 Å². The first-order chi connectivity index (χ1) is 8.29. The summed E-state index contributed by atoms with van der Waals surface area (Å²) in [5.41, 5.74) is -5.65. The summed E-state index contributed by atoms with van der Waals surface area (Å²) in [5, 5.41) is 0.755.